The first-order valence-electron chi connectivity index (χ1n) is 9.90. The van der Waals surface area contributed by atoms with Crippen LogP contribution in [0.15, 0.2) is 21.9 Å². The molecule has 2 aromatic heterocycles. The van der Waals surface area contributed by atoms with Crippen molar-refractivity contribution < 1.29 is 17.7 Å². The van der Waals surface area contributed by atoms with Crippen LogP contribution in [0.5, 0.6) is 0 Å². The third-order valence-electron chi connectivity index (χ3n) is 5.28. The highest BCUT2D eigenvalue weighted by Gasteiger charge is 2.33. The Balaban J connectivity index is 1.54. The van der Waals surface area contributed by atoms with E-state index in [-0.39, 0.29) is 17.0 Å². The van der Waals surface area contributed by atoms with Crippen LogP contribution in [0.1, 0.15) is 42.8 Å². The highest BCUT2D eigenvalue weighted by atomic mass is 32.2. The van der Waals surface area contributed by atoms with Crippen molar-refractivity contribution in [2.75, 3.05) is 19.4 Å². The standard InChI is InChI=1S/C19H28N4O4S/c1-14-8-18(27-21-14)11-22(2)10-16-9-20-19(28(24,25)13-15-5-6-15)23(16)12-17-4-3-7-26-17/h8-9,15,17H,3-7,10-13H2,1-2H3/t17-/m1/s1. The maximum absolute atomic E-state index is 12.9. The van der Waals surface area contributed by atoms with Gasteiger partial charge in [0.1, 0.15) is 0 Å². The first-order chi connectivity index (χ1) is 13.4. The van der Waals surface area contributed by atoms with Crippen LogP contribution in [0.4, 0.5) is 0 Å². The predicted octanol–water partition coefficient (Wildman–Crippen LogP) is 2.17. The SMILES string of the molecule is Cc1cc(CN(C)Cc2cnc(S(=O)(=O)CC3CC3)n2C[C@H]2CCCO2)on1. The Morgan fingerprint density at radius 1 is 1.29 bits per heavy atom. The van der Waals surface area contributed by atoms with Crippen LogP contribution >= 0.6 is 0 Å². The van der Waals surface area contributed by atoms with Crippen molar-refractivity contribution in [1.82, 2.24) is 19.6 Å². The fourth-order valence-corrected chi connectivity index (χ4v) is 5.56. The van der Waals surface area contributed by atoms with Crippen molar-refractivity contribution in [3.8, 4) is 0 Å². The number of aromatic nitrogens is 3. The monoisotopic (exact) mass is 408 g/mol. The molecule has 2 fully saturated rings. The molecule has 154 valence electrons. The zero-order chi connectivity index (χ0) is 19.7. The quantitative estimate of drug-likeness (QED) is 0.628. The van der Waals surface area contributed by atoms with Gasteiger partial charge in [-0.15, -0.1) is 0 Å². The average Bonchev–Trinajstić information content (AvgIpc) is 3.01. The maximum atomic E-state index is 12.9. The number of aryl methyl sites for hydroxylation is 1. The third kappa shape index (κ3) is 4.64. The lowest BCUT2D eigenvalue weighted by Crippen LogP contribution is -2.25. The van der Waals surface area contributed by atoms with Gasteiger partial charge in [-0.05, 0) is 45.6 Å². The molecule has 1 atom stereocenters. The van der Waals surface area contributed by atoms with Crippen LogP contribution in [0.3, 0.4) is 0 Å². The molecule has 3 heterocycles. The maximum Gasteiger partial charge on any atom is 0.227 e. The number of hydrogen-bond donors (Lipinski definition) is 0. The molecule has 0 unspecified atom stereocenters. The molecular weight excluding hydrogens is 380 g/mol. The molecule has 2 aliphatic rings. The van der Waals surface area contributed by atoms with Gasteiger partial charge in [-0.1, -0.05) is 5.16 Å². The van der Waals surface area contributed by atoms with Crippen LogP contribution in [0, 0.1) is 12.8 Å². The molecule has 2 aromatic rings. The first kappa shape index (κ1) is 19.6. The Kier molecular flexibility index (Phi) is 5.57. The minimum atomic E-state index is -3.39. The molecule has 4 rings (SSSR count). The van der Waals surface area contributed by atoms with Gasteiger partial charge in [-0.3, -0.25) is 4.90 Å². The summed E-state index contributed by atoms with van der Waals surface area (Å²) in [5.41, 5.74) is 1.73. The largest absolute Gasteiger partial charge is 0.376 e. The molecule has 28 heavy (non-hydrogen) atoms. The Morgan fingerprint density at radius 2 is 2.11 bits per heavy atom. The van der Waals surface area contributed by atoms with E-state index in [2.05, 4.69) is 15.0 Å². The normalized spacial score (nSPS) is 20.3. The Bertz CT molecular complexity index is 910. The minimum absolute atomic E-state index is 0.0463. The summed E-state index contributed by atoms with van der Waals surface area (Å²) in [6.07, 6.45) is 5.70. The molecule has 8 nitrogen and oxygen atoms in total. The highest BCUT2D eigenvalue weighted by Crippen LogP contribution is 2.32. The van der Waals surface area contributed by atoms with E-state index in [1.54, 1.807) is 6.20 Å². The fourth-order valence-electron chi connectivity index (χ4n) is 3.71. The van der Waals surface area contributed by atoms with Gasteiger partial charge in [0.05, 0.1) is 42.5 Å². The van der Waals surface area contributed by atoms with E-state index in [1.165, 1.54) is 0 Å². The number of hydrogen-bond acceptors (Lipinski definition) is 7. The van der Waals surface area contributed by atoms with E-state index in [0.717, 1.165) is 49.4 Å². The van der Waals surface area contributed by atoms with Crippen molar-refractivity contribution in [1.29, 1.82) is 0 Å². The zero-order valence-electron chi connectivity index (χ0n) is 16.5. The van der Waals surface area contributed by atoms with Crippen molar-refractivity contribution in [3.63, 3.8) is 0 Å². The summed E-state index contributed by atoms with van der Waals surface area (Å²) in [5, 5.41) is 4.11. The van der Waals surface area contributed by atoms with Crippen molar-refractivity contribution in [2.24, 2.45) is 5.92 Å². The second kappa shape index (κ2) is 7.96. The van der Waals surface area contributed by atoms with Gasteiger partial charge in [-0.25, -0.2) is 13.4 Å². The minimum Gasteiger partial charge on any atom is -0.376 e. The van der Waals surface area contributed by atoms with Gasteiger partial charge in [0.2, 0.25) is 15.0 Å². The van der Waals surface area contributed by atoms with E-state index >= 15 is 0 Å². The van der Waals surface area contributed by atoms with Crippen LogP contribution in [0.2, 0.25) is 0 Å². The molecule has 0 amide bonds. The van der Waals surface area contributed by atoms with Gasteiger partial charge in [0.25, 0.3) is 0 Å². The smallest absolute Gasteiger partial charge is 0.227 e. The number of nitrogens with zero attached hydrogens (tertiary/aromatic N) is 4. The summed E-state index contributed by atoms with van der Waals surface area (Å²) in [6.45, 7) is 4.32. The Labute approximate surface area is 165 Å². The molecule has 0 N–H and O–H groups in total. The zero-order valence-corrected chi connectivity index (χ0v) is 17.3. The lowest BCUT2D eigenvalue weighted by molar-refractivity contribution is 0.0933. The van der Waals surface area contributed by atoms with Gasteiger partial charge in [0, 0.05) is 19.2 Å². The molecule has 1 saturated heterocycles. The van der Waals surface area contributed by atoms with Gasteiger partial charge >= 0.3 is 0 Å². The molecule has 0 spiro atoms. The van der Waals surface area contributed by atoms with Crippen LogP contribution in [-0.4, -0.2) is 53.5 Å². The summed E-state index contributed by atoms with van der Waals surface area (Å²) in [5.74, 6) is 1.27. The number of imidazole rings is 1. The summed E-state index contributed by atoms with van der Waals surface area (Å²) >= 11 is 0. The third-order valence-corrected chi connectivity index (χ3v) is 7.07. The Morgan fingerprint density at radius 3 is 2.75 bits per heavy atom. The average molecular weight is 409 g/mol. The van der Waals surface area contributed by atoms with E-state index in [9.17, 15) is 8.42 Å². The molecule has 1 aliphatic heterocycles. The number of ether oxygens (including phenoxy) is 1. The van der Waals surface area contributed by atoms with Gasteiger partial charge in [0.15, 0.2) is 5.76 Å². The fraction of sp³-hybridized carbons (Fsp3) is 0.684. The van der Waals surface area contributed by atoms with E-state index in [4.69, 9.17) is 9.26 Å². The predicted molar refractivity (Wildman–Crippen MR) is 102 cm³/mol. The van der Waals surface area contributed by atoms with E-state index in [1.807, 2.05) is 24.6 Å². The van der Waals surface area contributed by atoms with Crippen LogP contribution in [0.25, 0.3) is 0 Å². The molecule has 0 bridgehead atoms. The van der Waals surface area contributed by atoms with E-state index in [0.29, 0.717) is 25.6 Å². The molecule has 0 radical (unpaired) electrons. The summed E-state index contributed by atoms with van der Waals surface area (Å²) in [6, 6.07) is 1.91. The lowest BCUT2D eigenvalue weighted by atomic mass is 10.2. The van der Waals surface area contributed by atoms with Crippen LogP contribution in [-0.2, 0) is 34.2 Å². The van der Waals surface area contributed by atoms with Crippen molar-refractivity contribution >= 4 is 9.84 Å². The van der Waals surface area contributed by atoms with Gasteiger partial charge < -0.3 is 13.8 Å². The molecule has 1 aliphatic carbocycles. The van der Waals surface area contributed by atoms with E-state index < -0.39 is 9.84 Å². The second-order valence-electron chi connectivity index (χ2n) is 8.11. The number of rotatable bonds is 9. The Hall–Kier alpha value is -1.71. The molecule has 9 heteroatoms. The number of sulfone groups is 1. The van der Waals surface area contributed by atoms with Crippen molar-refractivity contribution in [2.45, 2.75) is 63.5 Å². The summed E-state index contributed by atoms with van der Waals surface area (Å²) in [4.78, 5) is 6.40. The second-order valence-corrected chi connectivity index (χ2v) is 10.0. The topological polar surface area (TPSA) is 90.5 Å². The first-order valence-corrected chi connectivity index (χ1v) is 11.6. The summed E-state index contributed by atoms with van der Waals surface area (Å²) < 4.78 is 38.7. The highest BCUT2D eigenvalue weighted by molar-refractivity contribution is 7.91. The lowest BCUT2D eigenvalue weighted by Gasteiger charge is -2.19. The molecular formula is C19H28N4O4S. The van der Waals surface area contributed by atoms with Crippen LogP contribution < -0.4 is 0 Å². The van der Waals surface area contributed by atoms with Gasteiger partial charge in [-0.2, -0.15) is 0 Å². The molecule has 1 saturated carbocycles. The molecule has 0 aromatic carbocycles. The summed E-state index contributed by atoms with van der Waals surface area (Å²) in [7, 11) is -1.42. The van der Waals surface area contributed by atoms with Crippen molar-refractivity contribution in [3.05, 3.63) is 29.4 Å².